The van der Waals surface area contributed by atoms with Crippen molar-refractivity contribution >= 4 is 21.8 Å². The SMILES string of the molecule is Cc1nn(Cc2ccccc2F)c(C)c1CN(C)CC(O)COc1cccc2[nH]c3ccccc3c12. The molecule has 0 aliphatic carbocycles. The van der Waals surface area contributed by atoms with Crippen LogP contribution in [-0.4, -0.2) is 51.1 Å². The average molecular weight is 487 g/mol. The maximum absolute atomic E-state index is 14.1. The lowest BCUT2D eigenvalue weighted by atomic mass is 10.1. The van der Waals surface area contributed by atoms with Crippen LogP contribution in [0.3, 0.4) is 0 Å². The summed E-state index contributed by atoms with van der Waals surface area (Å²) in [5.74, 6) is 0.530. The van der Waals surface area contributed by atoms with E-state index in [-0.39, 0.29) is 12.4 Å². The van der Waals surface area contributed by atoms with E-state index in [0.29, 0.717) is 25.2 Å². The van der Waals surface area contributed by atoms with Crippen molar-refractivity contribution in [3.8, 4) is 5.75 Å². The largest absolute Gasteiger partial charge is 0.490 e. The van der Waals surface area contributed by atoms with E-state index in [0.717, 1.165) is 44.5 Å². The summed E-state index contributed by atoms with van der Waals surface area (Å²) < 4.78 is 22.0. The quantitative estimate of drug-likeness (QED) is 0.301. The van der Waals surface area contributed by atoms with E-state index in [4.69, 9.17) is 4.74 Å². The summed E-state index contributed by atoms with van der Waals surface area (Å²) in [6.45, 7) is 5.62. The fourth-order valence-corrected chi connectivity index (χ4v) is 4.83. The molecule has 2 aromatic heterocycles. The molecule has 2 heterocycles. The molecule has 0 aliphatic rings. The number of rotatable bonds is 9. The maximum atomic E-state index is 14.1. The van der Waals surface area contributed by atoms with Gasteiger partial charge in [0.25, 0.3) is 0 Å². The summed E-state index contributed by atoms with van der Waals surface area (Å²) in [5.41, 5.74) is 5.68. The van der Waals surface area contributed by atoms with Gasteiger partial charge in [0.05, 0.1) is 17.8 Å². The number of aliphatic hydroxyl groups is 1. The highest BCUT2D eigenvalue weighted by Gasteiger charge is 2.17. The number of H-pyrrole nitrogens is 1. The lowest BCUT2D eigenvalue weighted by molar-refractivity contribution is 0.0749. The van der Waals surface area contributed by atoms with Crippen molar-refractivity contribution in [3.05, 3.63) is 95.1 Å². The van der Waals surface area contributed by atoms with Crippen LogP contribution in [0.1, 0.15) is 22.5 Å². The van der Waals surface area contributed by atoms with E-state index in [1.54, 1.807) is 12.1 Å². The number of aromatic nitrogens is 3. The Morgan fingerprint density at radius 1 is 1.03 bits per heavy atom. The van der Waals surface area contributed by atoms with Gasteiger partial charge in [-0.05, 0) is 45.2 Å². The van der Waals surface area contributed by atoms with E-state index in [1.165, 1.54) is 6.07 Å². The molecule has 0 amide bonds. The van der Waals surface area contributed by atoms with Gasteiger partial charge in [0.15, 0.2) is 0 Å². The first-order valence-corrected chi connectivity index (χ1v) is 12.2. The van der Waals surface area contributed by atoms with Gasteiger partial charge in [-0.2, -0.15) is 5.10 Å². The molecule has 186 valence electrons. The number of nitrogens with zero attached hydrogens (tertiary/aromatic N) is 3. The molecule has 36 heavy (non-hydrogen) atoms. The van der Waals surface area contributed by atoms with Crippen LogP contribution in [0.15, 0.2) is 66.7 Å². The second kappa shape index (κ2) is 10.1. The Kier molecular flexibility index (Phi) is 6.76. The number of ether oxygens (including phenoxy) is 1. The number of nitrogens with one attached hydrogen (secondary N) is 1. The average Bonchev–Trinajstić information content (AvgIpc) is 3.37. The van der Waals surface area contributed by atoms with Crippen molar-refractivity contribution in [2.24, 2.45) is 0 Å². The number of aryl methyl sites for hydroxylation is 1. The molecule has 3 aromatic carbocycles. The summed E-state index contributed by atoms with van der Waals surface area (Å²) >= 11 is 0. The van der Waals surface area contributed by atoms with Gasteiger partial charge in [-0.1, -0.05) is 42.5 Å². The molecule has 6 nitrogen and oxygen atoms in total. The fourth-order valence-electron chi connectivity index (χ4n) is 4.83. The van der Waals surface area contributed by atoms with Crippen molar-refractivity contribution in [1.82, 2.24) is 19.7 Å². The Bertz CT molecular complexity index is 1510. The lowest BCUT2D eigenvalue weighted by Crippen LogP contribution is -2.33. The molecule has 2 N–H and O–H groups in total. The summed E-state index contributed by atoms with van der Waals surface area (Å²) in [4.78, 5) is 5.48. The minimum atomic E-state index is -0.662. The minimum Gasteiger partial charge on any atom is -0.490 e. The highest BCUT2D eigenvalue weighted by Crippen LogP contribution is 2.33. The molecule has 1 atom stereocenters. The second-order valence-corrected chi connectivity index (χ2v) is 9.41. The third kappa shape index (κ3) is 4.85. The van der Waals surface area contributed by atoms with Crippen LogP contribution in [0, 0.1) is 19.7 Å². The fraction of sp³-hybridized carbons (Fsp3) is 0.276. The molecule has 1 unspecified atom stereocenters. The Balaban J connectivity index is 1.22. The normalized spacial score (nSPS) is 12.6. The molecule has 5 rings (SSSR count). The zero-order chi connectivity index (χ0) is 25.2. The van der Waals surface area contributed by atoms with Crippen LogP contribution in [0.5, 0.6) is 5.75 Å². The zero-order valence-corrected chi connectivity index (χ0v) is 20.8. The number of fused-ring (bicyclic) bond motifs is 3. The number of hydrogen-bond acceptors (Lipinski definition) is 4. The third-order valence-electron chi connectivity index (χ3n) is 6.68. The van der Waals surface area contributed by atoms with E-state index >= 15 is 0 Å². The zero-order valence-electron chi connectivity index (χ0n) is 20.8. The predicted octanol–water partition coefficient (Wildman–Crippen LogP) is 5.19. The highest BCUT2D eigenvalue weighted by molar-refractivity contribution is 6.10. The topological polar surface area (TPSA) is 66.3 Å². The smallest absolute Gasteiger partial charge is 0.129 e. The van der Waals surface area contributed by atoms with Crippen LogP contribution < -0.4 is 4.74 Å². The van der Waals surface area contributed by atoms with E-state index in [9.17, 15) is 9.50 Å². The predicted molar refractivity (Wildman–Crippen MR) is 141 cm³/mol. The lowest BCUT2D eigenvalue weighted by Gasteiger charge is -2.21. The molecule has 0 radical (unpaired) electrons. The molecule has 7 heteroatoms. The second-order valence-electron chi connectivity index (χ2n) is 9.41. The van der Waals surface area contributed by atoms with Gasteiger partial charge in [0.1, 0.15) is 24.3 Å². The van der Waals surface area contributed by atoms with E-state index in [1.807, 2.05) is 68.0 Å². The maximum Gasteiger partial charge on any atom is 0.129 e. The van der Waals surface area contributed by atoms with Crippen molar-refractivity contribution in [3.63, 3.8) is 0 Å². The van der Waals surface area contributed by atoms with Crippen LogP contribution in [0.25, 0.3) is 21.8 Å². The van der Waals surface area contributed by atoms with Crippen molar-refractivity contribution in [1.29, 1.82) is 0 Å². The van der Waals surface area contributed by atoms with E-state index in [2.05, 4.69) is 21.0 Å². The molecule has 0 aliphatic heterocycles. The number of benzene rings is 3. The van der Waals surface area contributed by atoms with Gasteiger partial charge < -0.3 is 14.8 Å². The standard InChI is InChI=1S/C29H31FN4O2/c1-19-24(20(2)34(32-19)15-21-9-4-6-11-25(21)30)17-33(3)16-22(35)18-36-28-14-8-13-27-29(28)23-10-5-7-12-26(23)31-27/h4-14,22,31,35H,15-18H2,1-3H3. The van der Waals surface area contributed by atoms with Gasteiger partial charge in [-0.3, -0.25) is 9.58 Å². The Morgan fingerprint density at radius 2 is 1.78 bits per heavy atom. The first-order chi connectivity index (χ1) is 17.4. The van der Waals surface area contributed by atoms with Crippen LogP contribution >= 0.6 is 0 Å². The van der Waals surface area contributed by atoms with Crippen molar-refractivity contribution in [2.75, 3.05) is 20.2 Å². The molecule has 0 saturated heterocycles. The molecule has 5 aromatic rings. The first kappa shape index (κ1) is 24.0. The van der Waals surface area contributed by atoms with Crippen molar-refractivity contribution in [2.45, 2.75) is 33.0 Å². The molecule has 0 fully saturated rings. The van der Waals surface area contributed by atoms with Gasteiger partial charge in [0.2, 0.25) is 0 Å². The highest BCUT2D eigenvalue weighted by atomic mass is 19.1. The number of para-hydroxylation sites is 1. The van der Waals surface area contributed by atoms with Gasteiger partial charge in [-0.25, -0.2) is 4.39 Å². The van der Waals surface area contributed by atoms with Crippen LogP contribution in [-0.2, 0) is 13.1 Å². The number of hydrogen-bond donors (Lipinski definition) is 2. The molecule has 0 bridgehead atoms. The van der Waals surface area contributed by atoms with Gasteiger partial charge in [0, 0.05) is 46.2 Å². The number of aromatic amines is 1. The molecular weight excluding hydrogens is 455 g/mol. The Morgan fingerprint density at radius 3 is 2.61 bits per heavy atom. The Labute approximate surface area is 209 Å². The molecule has 0 spiro atoms. The summed E-state index contributed by atoms with van der Waals surface area (Å²) in [7, 11) is 1.97. The van der Waals surface area contributed by atoms with Crippen LogP contribution in [0.2, 0.25) is 0 Å². The Hall–Kier alpha value is -3.68. The minimum absolute atomic E-state index is 0.188. The number of halogens is 1. The molecule has 0 saturated carbocycles. The van der Waals surface area contributed by atoms with Crippen LogP contribution in [0.4, 0.5) is 4.39 Å². The van der Waals surface area contributed by atoms with E-state index < -0.39 is 6.10 Å². The van der Waals surface area contributed by atoms with Crippen molar-refractivity contribution < 1.29 is 14.2 Å². The molecular formula is C29H31FN4O2. The third-order valence-corrected chi connectivity index (χ3v) is 6.68. The number of aliphatic hydroxyl groups excluding tert-OH is 1. The first-order valence-electron chi connectivity index (χ1n) is 12.2. The summed E-state index contributed by atoms with van der Waals surface area (Å²) in [6, 6.07) is 20.8. The van der Waals surface area contributed by atoms with Gasteiger partial charge >= 0.3 is 0 Å². The van der Waals surface area contributed by atoms with Gasteiger partial charge in [-0.15, -0.1) is 0 Å². The number of likely N-dealkylation sites (N-methyl/N-ethyl adjacent to an activating group) is 1. The monoisotopic (exact) mass is 486 g/mol. The summed E-state index contributed by atoms with van der Waals surface area (Å²) in [6.07, 6.45) is -0.662. The summed E-state index contributed by atoms with van der Waals surface area (Å²) in [5, 5.41) is 17.5.